The molecule has 1 amide bonds. The third-order valence-electron chi connectivity index (χ3n) is 3.42. The minimum atomic E-state index is -0.174. The van der Waals surface area contributed by atoms with Gasteiger partial charge in [0.2, 0.25) is 0 Å². The number of carbonyl (C=O) groups excluding carboxylic acids is 1. The van der Waals surface area contributed by atoms with Crippen LogP contribution in [0.25, 0.3) is 21.5 Å². The van der Waals surface area contributed by atoms with Crippen molar-refractivity contribution >= 4 is 27.5 Å². The van der Waals surface area contributed by atoms with Gasteiger partial charge in [0.15, 0.2) is 0 Å². The Balaban J connectivity index is 2.55. The van der Waals surface area contributed by atoms with Crippen molar-refractivity contribution < 1.29 is 4.79 Å². The molecule has 0 saturated carbocycles. The Morgan fingerprint density at radius 1 is 1.10 bits per heavy atom. The van der Waals surface area contributed by atoms with Crippen molar-refractivity contribution in [2.45, 2.75) is 0 Å². The molecular formula is C16H14N2O2. The van der Waals surface area contributed by atoms with Crippen LogP contribution in [0, 0.1) is 0 Å². The van der Waals surface area contributed by atoms with E-state index < -0.39 is 0 Å². The largest absolute Gasteiger partial charge is 0.345 e. The van der Waals surface area contributed by atoms with Crippen molar-refractivity contribution in [2.75, 3.05) is 14.1 Å². The highest BCUT2D eigenvalue weighted by atomic mass is 16.2. The summed E-state index contributed by atoms with van der Waals surface area (Å²) in [6.07, 6.45) is 1.58. The van der Waals surface area contributed by atoms with Crippen molar-refractivity contribution in [1.29, 1.82) is 0 Å². The van der Waals surface area contributed by atoms with Gasteiger partial charge in [0.25, 0.3) is 11.5 Å². The lowest BCUT2D eigenvalue weighted by Crippen LogP contribution is -2.22. The second kappa shape index (κ2) is 4.49. The molecule has 0 fully saturated rings. The van der Waals surface area contributed by atoms with Crippen LogP contribution in [0.4, 0.5) is 0 Å². The number of amides is 1. The third kappa shape index (κ3) is 1.77. The first kappa shape index (κ1) is 12.4. The Hall–Kier alpha value is -2.62. The number of benzene rings is 2. The van der Waals surface area contributed by atoms with Crippen LogP contribution in [0.1, 0.15) is 10.4 Å². The zero-order valence-electron chi connectivity index (χ0n) is 11.3. The number of aromatic nitrogens is 1. The molecule has 0 unspecified atom stereocenters. The average molecular weight is 266 g/mol. The molecule has 0 saturated heterocycles. The van der Waals surface area contributed by atoms with Crippen LogP contribution in [0.5, 0.6) is 0 Å². The second-order valence-corrected chi connectivity index (χ2v) is 4.94. The van der Waals surface area contributed by atoms with Crippen LogP contribution in [-0.2, 0) is 0 Å². The van der Waals surface area contributed by atoms with Gasteiger partial charge in [-0.15, -0.1) is 0 Å². The van der Waals surface area contributed by atoms with Gasteiger partial charge in [-0.1, -0.05) is 24.3 Å². The van der Waals surface area contributed by atoms with E-state index in [4.69, 9.17) is 0 Å². The van der Waals surface area contributed by atoms with Crippen molar-refractivity contribution in [2.24, 2.45) is 0 Å². The zero-order chi connectivity index (χ0) is 14.3. The predicted octanol–water partition coefficient (Wildman–Crippen LogP) is 2.38. The van der Waals surface area contributed by atoms with E-state index in [2.05, 4.69) is 4.98 Å². The Kier molecular flexibility index (Phi) is 2.79. The van der Waals surface area contributed by atoms with Crippen LogP contribution in [0.2, 0.25) is 0 Å². The van der Waals surface area contributed by atoms with Crippen LogP contribution in [0.3, 0.4) is 0 Å². The van der Waals surface area contributed by atoms with Crippen molar-refractivity contribution in [3.8, 4) is 0 Å². The highest BCUT2D eigenvalue weighted by molar-refractivity contribution is 6.16. The monoisotopic (exact) mass is 266 g/mol. The summed E-state index contributed by atoms with van der Waals surface area (Å²) in [5.74, 6) is -0.105. The molecule has 3 rings (SSSR count). The molecule has 0 radical (unpaired) electrons. The lowest BCUT2D eigenvalue weighted by molar-refractivity contribution is 0.0829. The molecule has 4 nitrogen and oxygen atoms in total. The summed E-state index contributed by atoms with van der Waals surface area (Å²) in [6.45, 7) is 0. The third-order valence-corrected chi connectivity index (χ3v) is 3.42. The topological polar surface area (TPSA) is 53.2 Å². The molecule has 0 aliphatic heterocycles. The van der Waals surface area contributed by atoms with Crippen molar-refractivity contribution in [3.05, 3.63) is 58.5 Å². The second-order valence-electron chi connectivity index (χ2n) is 4.94. The Morgan fingerprint density at radius 2 is 1.85 bits per heavy atom. The SMILES string of the molecule is CN(C)C(=O)c1cc2ccccc2c2c(=O)[nH]ccc12. The first-order chi connectivity index (χ1) is 9.59. The Morgan fingerprint density at radius 3 is 2.60 bits per heavy atom. The van der Waals surface area contributed by atoms with Gasteiger partial charge in [0.1, 0.15) is 0 Å². The van der Waals surface area contributed by atoms with E-state index in [1.54, 1.807) is 26.4 Å². The number of nitrogens with one attached hydrogen (secondary N) is 1. The van der Waals surface area contributed by atoms with E-state index in [9.17, 15) is 9.59 Å². The van der Waals surface area contributed by atoms with Gasteiger partial charge in [-0.2, -0.15) is 0 Å². The maximum absolute atomic E-state index is 12.3. The molecule has 0 atom stereocenters. The molecule has 1 N–H and O–H groups in total. The fraction of sp³-hybridized carbons (Fsp3) is 0.125. The van der Waals surface area contributed by atoms with E-state index in [1.165, 1.54) is 4.90 Å². The van der Waals surface area contributed by atoms with Crippen molar-refractivity contribution in [1.82, 2.24) is 9.88 Å². The van der Waals surface area contributed by atoms with E-state index in [1.807, 2.05) is 30.3 Å². The number of hydrogen-bond donors (Lipinski definition) is 1. The Labute approximate surface area is 115 Å². The lowest BCUT2D eigenvalue weighted by atomic mass is 9.98. The molecule has 0 aliphatic carbocycles. The minimum Gasteiger partial charge on any atom is -0.345 e. The molecule has 20 heavy (non-hydrogen) atoms. The number of pyridine rings is 1. The summed E-state index contributed by atoms with van der Waals surface area (Å²) in [5.41, 5.74) is 0.377. The molecule has 0 aliphatic rings. The maximum Gasteiger partial charge on any atom is 0.256 e. The number of aromatic amines is 1. The lowest BCUT2D eigenvalue weighted by Gasteiger charge is -2.13. The van der Waals surface area contributed by atoms with Gasteiger partial charge in [0.05, 0.1) is 5.39 Å². The molecule has 0 spiro atoms. The quantitative estimate of drug-likeness (QED) is 0.687. The maximum atomic E-state index is 12.3. The van der Waals surface area contributed by atoms with Crippen LogP contribution in [-0.4, -0.2) is 29.9 Å². The van der Waals surface area contributed by atoms with Gasteiger partial charge < -0.3 is 9.88 Å². The van der Waals surface area contributed by atoms with Crippen LogP contribution in [0.15, 0.2) is 47.4 Å². The van der Waals surface area contributed by atoms with E-state index in [0.717, 1.165) is 10.8 Å². The molecule has 0 bridgehead atoms. The minimum absolute atomic E-state index is 0.105. The molecular weight excluding hydrogens is 252 g/mol. The van der Waals surface area contributed by atoms with E-state index in [-0.39, 0.29) is 11.5 Å². The van der Waals surface area contributed by atoms with Crippen molar-refractivity contribution in [3.63, 3.8) is 0 Å². The molecule has 1 heterocycles. The summed E-state index contributed by atoms with van der Waals surface area (Å²) in [6, 6.07) is 11.2. The molecule has 4 heteroatoms. The summed E-state index contributed by atoms with van der Waals surface area (Å²) >= 11 is 0. The van der Waals surface area contributed by atoms with Gasteiger partial charge in [-0.05, 0) is 22.9 Å². The normalized spacial score (nSPS) is 10.9. The van der Waals surface area contributed by atoms with Crippen LogP contribution < -0.4 is 5.56 Å². The number of rotatable bonds is 1. The van der Waals surface area contributed by atoms with Gasteiger partial charge in [-0.3, -0.25) is 9.59 Å². The number of hydrogen-bond acceptors (Lipinski definition) is 2. The van der Waals surface area contributed by atoms with Gasteiger partial charge in [-0.25, -0.2) is 0 Å². The highest BCUT2D eigenvalue weighted by Gasteiger charge is 2.15. The summed E-state index contributed by atoms with van der Waals surface area (Å²) in [4.78, 5) is 28.7. The summed E-state index contributed by atoms with van der Waals surface area (Å²) in [5, 5.41) is 3.00. The van der Waals surface area contributed by atoms with Gasteiger partial charge in [0, 0.05) is 31.2 Å². The first-order valence-electron chi connectivity index (χ1n) is 6.34. The van der Waals surface area contributed by atoms with Gasteiger partial charge >= 0.3 is 0 Å². The summed E-state index contributed by atoms with van der Waals surface area (Å²) in [7, 11) is 3.41. The summed E-state index contributed by atoms with van der Waals surface area (Å²) < 4.78 is 0. The van der Waals surface area contributed by atoms with Crippen LogP contribution >= 0.6 is 0 Å². The van der Waals surface area contributed by atoms with E-state index in [0.29, 0.717) is 16.3 Å². The number of carbonyl (C=O) groups is 1. The molecule has 100 valence electrons. The highest BCUT2D eigenvalue weighted by Crippen LogP contribution is 2.26. The fourth-order valence-electron chi connectivity index (χ4n) is 2.47. The number of nitrogens with zero attached hydrogens (tertiary/aromatic N) is 1. The molecule has 1 aromatic heterocycles. The number of H-pyrrole nitrogens is 1. The fourth-order valence-corrected chi connectivity index (χ4v) is 2.47. The zero-order valence-corrected chi connectivity index (χ0v) is 11.3. The first-order valence-corrected chi connectivity index (χ1v) is 6.34. The average Bonchev–Trinajstić information content (AvgIpc) is 2.45. The smallest absolute Gasteiger partial charge is 0.256 e. The Bertz CT molecular complexity index is 878. The van der Waals surface area contributed by atoms with E-state index >= 15 is 0 Å². The predicted molar refractivity (Wildman–Crippen MR) is 80.1 cm³/mol. The standard InChI is InChI=1S/C16H14N2O2/c1-18(2)16(20)13-9-10-5-3-4-6-11(10)14-12(13)7-8-17-15(14)19/h3-9H,1-2H3,(H,17,19). The number of fused-ring (bicyclic) bond motifs is 3. The molecule has 3 aromatic rings. The molecule has 2 aromatic carbocycles.